The number of fused-ring (bicyclic) bond motifs is 2. The Labute approximate surface area is 433 Å². The minimum atomic E-state index is -4.70. The van der Waals surface area contributed by atoms with Crippen molar-refractivity contribution in [2.45, 2.75) is 127 Å². The summed E-state index contributed by atoms with van der Waals surface area (Å²) in [5, 5.41) is 20.0. The van der Waals surface area contributed by atoms with E-state index >= 15 is 0 Å². The van der Waals surface area contributed by atoms with Gasteiger partial charge in [0.1, 0.15) is 24.6 Å². The molecule has 3 saturated heterocycles. The van der Waals surface area contributed by atoms with E-state index in [-0.39, 0.29) is 76.4 Å². The average Bonchev–Trinajstić information content (AvgIpc) is 4.07. The van der Waals surface area contributed by atoms with Gasteiger partial charge in [-0.2, -0.15) is 4.98 Å². The number of carbonyl (C=O) groups is 1. The summed E-state index contributed by atoms with van der Waals surface area (Å²) in [5.74, 6) is 0.272. The van der Waals surface area contributed by atoms with Crippen LogP contribution in [0.4, 0.5) is 17.1 Å². The largest absolute Gasteiger partial charge is 0.489 e. The molecule has 6 aliphatic rings. The predicted octanol–water partition coefficient (Wildman–Crippen LogP) is 9.85. The van der Waals surface area contributed by atoms with Crippen LogP contribution in [0.5, 0.6) is 23.1 Å². The molecule has 2 aliphatic carbocycles. The van der Waals surface area contributed by atoms with E-state index in [9.17, 15) is 23.3 Å². The first-order valence-corrected chi connectivity index (χ1v) is 28.2. The lowest BCUT2D eigenvalue weighted by Crippen LogP contribution is -2.54. The fourth-order valence-corrected chi connectivity index (χ4v) is 13.7. The van der Waals surface area contributed by atoms with Crippen molar-refractivity contribution in [1.29, 1.82) is 0 Å². The van der Waals surface area contributed by atoms with E-state index < -0.39 is 31.4 Å². The van der Waals surface area contributed by atoms with Crippen molar-refractivity contribution in [2.24, 2.45) is 16.7 Å². The third-order valence-corrected chi connectivity index (χ3v) is 18.4. The van der Waals surface area contributed by atoms with Crippen molar-refractivity contribution in [3.05, 3.63) is 99.7 Å². The maximum absolute atomic E-state index is 14.5. The monoisotopic (exact) mass is 1030 g/mol. The number of aromatic amines is 1. The summed E-state index contributed by atoms with van der Waals surface area (Å²) >= 11 is 0. The number of likely N-dealkylation sites (tertiary alicyclic amines) is 1. The number of piperidine rings is 1. The molecule has 0 unspecified atom stereocenters. The Morgan fingerprint density at radius 3 is 2.53 bits per heavy atom. The first kappa shape index (κ1) is 50.2. The number of nitrogens with zero attached hydrogens (tertiary/aromatic N) is 4. The quantitative estimate of drug-likeness (QED) is 0.0605. The Morgan fingerprint density at radius 2 is 1.77 bits per heavy atom. The third-order valence-electron chi connectivity index (χ3n) is 17.1. The summed E-state index contributed by atoms with van der Waals surface area (Å²) in [7, 11) is -4.70. The van der Waals surface area contributed by atoms with Gasteiger partial charge in [-0.15, -0.1) is 0 Å². The molecule has 3 aromatic carbocycles. The number of H-pyrrole nitrogens is 1. The predicted molar refractivity (Wildman–Crippen MR) is 283 cm³/mol. The van der Waals surface area contributed by atoms with Crippen LogP contribution in [-0.4, -0.2) is 105 Å². The molecule has 4 aliphatic heterocycles. The zero-order valence-electron chi connectivity index (χ0n) is 43.0. The Bertz CT molecular complexity index is 3000. The standard InChI is InChI=1S/C56H70N8O9S/c1-35(2)42-8-5-6-9-43(42)46-10-7-22-63(46)40-30-56(31-40)18-23-62(24-19-56)39-11-12-44(48(27-39)73-50-26-37-15-20-58-52(37)60-54(50)72-33-38-32-70-25-21-57-38)53(65)61-74(68,69)41-28-47(64(66)67)51-49(29-41)71-34-45(59-51)36-13-16-55(3,4)17-14-36/h5-6,8-9,11-12,15,20,26-29,35-36,38,40,45-46,57,59H,7,10,13-14,16-19,21-25,30-34H2,1-4H3,(H,58,60)(H,61,65)/t38-,45-,46+/m1/s1. The third kappa shape index (κ3) is 10.3. The molecule has 5 aromatic rings. The molecule has 0 radical (unpaired) electrons. The number of carbonyl (C=O) groups excluding carboxylic acids is 1. The number of ether oxygens (including phenoxy) is 4. The van der Waals surface area contributed by atoms with E-state index in [1.165, 1.54) is 42.9 Å². The second kappa shape index (κ2) is 20.3. The van der Waals surface area contributed by atoms with Gasteiger partial charge < -0.3 is 39.5 Å². The summed E-state index contributed by atoms with van der Waals surface area (Å²) in [5.41, 5.74) is 4.46. The Balaban J connectivity index is 0.843. The van der Waals surface area contributed by atoms with Crippen molar-refractivity contribution >= 4 is 44.0 Å². The van der Waals surface area contributed by atoms with Crippen LogP contribution in [0.15, 0.2) is 77.8 Å². The highest BCUT2D eigenvalue weighted by molar-refractivity contribution is 7.90. The molecule has 2 saturated carbocycles. The molecular weight excluding hydrogens is 961 g/mol. The summed E-state index contributed by atoms with van der Waals surface area (Å²) in [6, 6.07) is 20.8. The molecule has 6 heterocycles. The lowest BCUT2D eigenvalue weighted by atomic mass is 9.59. The number of pyridine rings is 1. The van der Waals surface area contributed by atoms with E-state index in [1.54, 1.807) is 24.4 Å². The second-order valence-corrected chi connectivity index (χ2v) is 24.5. The maximum atomic E-state index is 14.5. The Kier molecular flexibility index (Phi) is 13.8. The van der Waals surface area contributed by atoms with Crippen LogP contribution in [-0.2, 0) is 14.8 Å². The first-order chi connectivity index (χ1) is 35.6. The molecule has 1 spiro atoms. The van der Waals surface area contributed by atoms with E-state index in [1.807, 2.05) is 12.1 Å². The molecule has 0 bridgehead atoms. The van der Waals surface area contributed by atoms with E-state index in [0.717, 1.165) is 75.3 Å². The summed E-state index contributed by atoms with van der Waals surface area (Å²) in [6.45, 7) is 14.0. The first-order valence-electron chi connectivity index (χ1n) is 26.7. The summed E-state index contributed by atoms with van der Waals surface area (Å²) in [4.78, 5) is 38.9. The van der Waals surface area contributed by atoms with Crippen molar-refractivity contribution < 1.29 is 37.1 Å². The van der Waals surface area contributed by atoms with Crippen LogP contribution < -0.4 is 34.5 Å². The molecule has 3 atom stereocenters. The summed E-state index contributed by atoms with van der Waals surface area (Å²) < 4.78 is 55.4. The molecule has 11 rings (SSSR count). The van der Waals surface area contributed by atoms with Crippen molar-refractivity contribution in [2.75, 3.05) is 62.8 Å². The van der Waals surface area contributed by atoms with Crippen LogP contribution in [0.3, 0.4) is 0 Å². The van der Waals surface area contributed by atoms with Gasteiger partial charge in [0.05, 0.1) is 40.7 Å². The van der Waals surface area contributed by atoms with E-state index in [2.05, 4.69) is 82.1 Å². The van der Waals surface area contributed by atoms with Gasteiger partial charge in [0, 0.05) is 67.2 Å². The minimum Gasteiger partial charge on any atom is -0.489 e. The summed E-state index contributed by atoms with van der Waals surface area (Å²) in [6.07, 6.45) is 12.6. The number of anilines is 2. The number of benzene rings is 3. The second-order valence-electron chi connectivity index (χ2n) is 22.8. The van der Waals surface area contributed by atoms with Crippen LogP contribution in [0, 0.1) is 26.9 Å². The Hall–Kier alpha value is -5.95. The van der Waals surface area contributed by atoms with Crippen molar-refractivity contribution in [1.82, 2.24) is 24.9 Å². The maximum Gasteiger partial charge on any atom is 0.297 e. The molecular formula is C56H70N8O9S. The lowest BCUT2D eigenvalue weighted by Gasteiger charge is -2.56. The number of amides is 1. The van der Waals surface area contributed by atoms with E-state index in [4.69, 9.17) is 23.9 Å². The van der Waals surface area contributed by atoms with Crippen molar-refractivity contribution in [3.63, 3.8) is 0 Å². The van der Waals surface area contributed by atoms with Gasteiger partial charge in [0.2, 0.25) is 0 Å². The van der Waals surface area contributed by atoms with Crippen LogP contribution >= 0.6 is 0 Å². The van der Waals surface area contributed by atoms with Gasteiger partial charge in [-0.25, -0.2) is 13.1 Å². The fourth-order valence-electron chi connectivity index (χ4n) is 12.7. The zero-order chi connectivity index (χ0) is 51.4. The number of hydrogen-bond acceptors (Lipinski definition) is 14. The average molecular weight is 1030 g/mol. The van der Waals surface area contributed by atoms with Gasteiger partial charge in [-0.05, 0) is 129 Å². The molecule has 4 N–H and O–H groups in total. The number of hydrogen-bond donors (Lipinski definition) is 4. The topological polar surface area (TPSA) is 203 Å². The number of sulfonamides is 1. The number of morpholine rings is 1. The zero-order valence-corrected chi connectivity index (χ0v) is 43.8. The molecule has 17 nitrogen and oxygen atoms in total. The number of nitrogens with one attached hydrogen (secondary N) is 4. The molecule has 1 amide bonds. The van der Waals surface area contributed by atoms with Crippen LogP contribution in [0.1, 0.15) is 125 Å². The molecule has 394 valence electrons. The van der Waals surface area contributed by atoms with Gasteiger partial charge >= 0.3 is 0 Å². The minimum absolute atomic E-state index is 0.0383. The van der Waals surface area contributed by atoms with Crippen LogP contribution in [0.2, 0.25) is 0 Å². The van der Waals surface area contributed by atoms with E-state index in [0.29, 0.717) is 43.4 Å². The van der Waals surface area contributed by atoms with Gasteiger partial charge in [-0.3, -0.25) is 19.8 Å². The SMILES string of the molecule is CC(C)c1ccccc1[C@@H]1CCCN1C1CC2(CCN(c3ccc(C(=O)NS(=O)(=O)c4cc5c(c([N+](=O)[O-])c4)N[C@@H](C4CCC(C)(C)CC4)CO5)c(Oc4cc5cc[nH]c5nc4OC[C@H]4COCCN4)c3)CC2)C1. The molecule has 18 heteroatoms. The van der Waals surface area contributed by atoms with Gasteiger partial charge in [0.25, 0.3) is 27.5 Å². The highest BCUT2D eigenvalue weighted by Gasteiger charge is 2.50. The number of nitro benzene ring substituents is 1. The van der Waals surface area contributed by atoms with Gasteiger partial charge in [0.15, 0.2) is 17.2 Å². The number of rotatable bonds is 14. The molecule has 2 aromatic heterocycles. The highest BCUT2D eigenvalue weighted by atomic mass is 32.2. The fraction of sp³-hybridized carbons (Fsp3) is 0.536. The van der Waals surface area contributed by atoms with Crippen LogP contribution in [0.25, 0.3) is 11.0 Å². The lowest BCUT2D eigenvalue weighted by molar-refractivity contribution is -0.384. The van der Waals surface area contributed by atoms with Gasteiger partial charge in [-0.1, -0.05) is 52.0 Å². The molecule has 74 heavy (non-hydrogen) atoms. The van der Waals surface area contributed by atoms with Crippen molar-refractivity contribution in [3.8, 4) is 23.1 Å². The Morgan fingerprint density at radius 1 is 0.973 bits per heavy atom. The smallest absolute Gasteiger partial charge is 0.297 e. The highest BCUT2D eigenvalue weighted by Crippen LogP contribution is 2.55. The normalized spacial score (nSPS) is 23.2. The number of aromatic nitrogens is 2. The molecule has 5 fully saturated rings. The number of nitro groups is 1.